The Morgan fingerprint density at radius 1 is 1.53 bits per heavy atom. The minimum absolute atomic E-state index is 0.0595. The van der Waals surface area contributed by atoms with Crippen molar-refractivity contribution >= 4 is 12.0 Å². The van der Waals surface area contributed by atoms with Gasteiger partial charge in [0.25, 0.3) is 0 Å². The van der Waals surface area contributed by atoms with Crippen LogP contribution in [0, 0.1) is 0 Å². The summed E-state index contributed by atoms with van der Waals surface area (Å²) in [4.78, 5) is 23.6. The van der Waals surface area contributed by atoms with Crippen LogP contribution >= 0.6 is 0 Å². The fourth-order valence-corrected chi connectivity index (χ4v) is 1.17. The summed E-state index contributed by atoms with van der Waals surface area (Å²) in [5.74, 6) is -1.32. The van der Waals surface area contributed by atoms with Crippen LogP contribution < -0.4 is 5.32 Å². The molecule has 0 aromatic heterocycles. The van der Waals surface area contributed by atoms with Gasteiger partial charge in [0.15, 0.2) is 6.04 Å². The number of aliphatic hydroxyl groups excluding tert-OH is 2. The predicted octanol–water partition coefficient (Wildman–Crippen LogP) is -0.990. The van der Waals surface area contributed by atoms with Crippen LogP contribution in [0.15, 0.2) is 12.7 Å². The molecule has 4 N–H and O–H groups in total. The van der Waals surface area contributed by atoms with Crippen LogP contribution in [0.1, 0.15) is 6.92 Å². The SMILES string of the molecule is C=CCN(CCO)C(=O)NC(C(=O)O)C(C)O. The molecular weight excluding hydrogens is 228 g/mol. The van der Waals surface area contributed by atoms with Gasteiger partial charge in [-0.1, -0.05) is 6.08 Å². The van der Waals surface area contributed by atoms with Crippen molar-refractivity contribution in [3.63, 3.8) is 0 Å². The molecule has 7 heteroatoms. The Hall–Kier alpha value is -1.60. The molecule has 0 aromatic rings. The number of nitrogens with zero attached hydrogens (tertiary/aromatic N) is 1. The maximum Gasteiger partial charge on any atom is 0.328 e. The Balaban J connectivity index is 4.55. The molecule has 0 saturated carbocycles. The van der Waals surface area contributed by atoms with Crippen molar-refractivity contribution in [2.24, 2.45) is 0 Å². The Morgan fingerprint density at radius 3 is 2.47 bits per heavy atom. The molecule has 0 radical (unpaired) electrons. The lowest BCUT2D eigenvalue weighted by Crippen LogP contribution is -2.52. The van der Waals surface area contributed by atoms with E-state index in [0.717, 1.165) is 0 Å². The summed E-state index contributed by atoms with van der Waals surface area (Å²) in [7, 11) is 0. The first-order valence-electron chi connectivity index (χ1n) is 5.12. The maximum atomic E-state index is 11.6. The monoisotopic (exact) mass is 246 g/mol. The first-order chi connectivity index (χ1) is 7.93. The van der Waals surface area contributed by atoms with Gasteiger partial charge < -0.3 is 25.5 Å². The molecule has 0 fully saturated rings. The third-order valence-corrected chi connectivity index (χ3v) is 2.03. The number of rotatable bonds is 7. The molecule has 0 heterocycles. The Morgan fingerprint density at radius 2 is 2.12 bits per heavy atom. The molecule has 0 spiro atoms. The summed E-state index contributed by atoms with van der Waals surface area (Å²) in [6.07, 6.45) is 0.240. The number of amides is 2. The minimum Gasteiger partial charge on any atom is -0.480 e. The van der Waals surface area contributed by atoms with Gasteiger partial charge in [0.2, 0.25) is 0 Å². The summed E-state index contributed by atoms with van der Waals surface area (Å²) in [6, 6.07) is -2.05. The van der Waals surface area contributed by atoms with Crippen LogP contribution in [0.5, 0.6) is 0 Å². The predicted molar refractivity (Wildman–Crippen MR) is 60.5 cm³/mol. The molecule has 0 saturated heterocycles. The van der Waals surface area contributed by atoms with Gasteiger partial charge in [-0.15, -0.1) is 6.58 Å². The summed E-state index contributed by atoms with van der Waals surface area (Å²) in [6.45, 7) is 4.71. The number of nitrogens with one attached hydrogen (secondary N) is 1. The number of aliphatic hydroxyl groups is 2. The van der Waals surface area contributed by atoms with Crippen LogP contribution in [0.3, 0.4) is 0 Å². The quantitative estimate of drug-likeness (QED) is 0.431. The second-order valence-corrected chi connectivity index (χ2v) is 3.46. The largest absolute Gasteiger partial charge is 0.480 e. The number of carbonyl (C=O) groups excluding carboxylic acids is 1. The van der Waals surface area contributed by atoms with Crippen molar-refractivity contribution in [2.75, 3.05) is 19.7 Å². The molecule has 0 bridgehead atoms. The van der Waals surface area contributed by atoms with Gasteiger partial charge in [0.1, 0.15) is 0 Å². The van der Waals surface area contributed by atoms with Gasteiger partial charge in [-0.25, -0.2) is 9.59 Å². The average Bonchev–Trinajstić information content (AvgIpc) is 2.24. The van der Waals surface area contributed by atoms with Crippen molar-refractivity contribution in [3.8, 4) is 0 Å². The highest BCUT2D eigenvalue weighted by atomic mass is 16.4. The summed E-state index contributed by atoms with van der Waals surface area (Å²) in [5.41, 5.74) is 0. The lowest BCUT2D eigenvalue weighted by molar-refractivity contribution is -0.141. The second kappa shape index (κ2) is 7.64. The molecular formula is C10H18N2O5. The van der Waals surface area contributed by atoms with Crippen LogP contribution in [-0.2, 0) is 4.79 Å². The van der Waals surface area contributed by atoms with E-state index in [1.165, 1.54) is 17.9 Å². The number of carboxylic acids is 1. The highest BCUT2D eigenvalue weighted by Crippen LogP contribution is 1.97. The summed E-state index contributed by atoms with van der Waals surface area (Å²) in [5, 5.41) is 28.9. The Labute approximate surface area is 99.3 Å². The standard InChI is InChI=1S/C10H18N2O5/c1-3-4-12(5-6-13)10(17)11-8(7(2)14)9(15)16/h3,7-8,13-14H,1,4-6H2,2H3,(H,11,17)(H,15,16). The van der Waals surface area contributed by atoms with E-state index in [1.54, 1.807) is 0 Å². The fourth-order valence-electron chi connectivity index (χ4n) is 1.17. The van der Waals surface area contributed by atoms with Crippen molar-refractivity contribution in [3.05, 3.63) is 12.7 Å². The van der Waals surface area contributed by atoms with Crippen molar-refractivity contribution in [2.45, 2.75) is 19.1 Å². The van der Waals surface area contributed by atoms with E-state index in [2.05, 4.69) is 11.9 Å². The maximum absolute atomic E-state index is 11.6. The number of carbonyl (C=O) groups is 2. The molecule has 7 nitrogen and oxygen atoms in total. The number of hydrogen-bond donors (Lipinski definition) is 4. The molecule has 0 aliphatic heterocycles. The van der Waals surface area contributed by atoms with E-state index in [9.17, 15) is 14.7 Å². The van der Waals surface area contributed by atoms with Crippen LogP contribution in [0.2, 0.25) is 0 Å². The van der Waals surface area contributed by atoms with Crippen LogP contribution in [0.25, 0.3) is 0 Å². The number of aliphatic carboxylic acids is 1. The number of urea groups is 1. The fraction of sp³-hybridized carbons (Fsp3) is 0.600. The summed E-state index contributed by atoms with van der Waals surface area (Å²) < 4.78 is 0. The van der Waals surface area contributed by atoms with Gasteiger partial charge in [0, 0.05) is 13.1 Å². The lowest BCUT2D eigenvalue weighted by Gasteiger charge is -2.24. The Kier molecular flexibility index (Phi) is 6.92. The molecule has 98 valence electrons. The first kappa shape index (κ1) is 15.4. The van der Waals surface area contributed by atoms with E-state index in [-0.39, 0.29) is 19.7 Å². The number of carboxylic acid groups (broad SMARTS) is 1. The third kappa shape index (κ3) is 5.32. The van der Waals surface area contributed by atoms with Gasteiger partial charge in [-0.05, 0) is 6.92 Å². The highest BCUT2D eigenvalue weighted by Gasteiger charge is 2.26. The lowest BCUT2D eigenvalue weighted by atomic mass is 10.2. The van der Waals surface area contributed by atoms with Gasteiger partial charge >= 0.3 is 12.0 Å². The van der Waals surface area contributed by atoms with Crippen molar-refractivity contribution < 1.29 is 24.9 Å². The van der Waals surface area contributed by atoms with E-state index in [4.69, 9.17) is 10.2 Å². The van der Waals surface area contributed by atoms with E-state index in [1.807, 2.05) is 0 Å². The van der Waals surface area contributed by atoms with Gasteiger partial charge in [0.05, 0.1) is 12.7 Å². The van der Waals surface area contributed by atoms with Crippen molar-refractivity contribution in [1.29, 1.82) is 0 Å². The first-order valence-corrected chi connectivity index (χ1v) is 5.12. The normalized spacial score (nSPS) is 13.6. The molecule has 0 aliphatic rings. The molecule has 0 aliphatic carbocycles. The molecule has 0 rings (SSSR count). The molecule has 2 amide bonds. The van der Waals surface area contributed by atoms with E-state index in [0.29, 0.717) is 0 Å². The smallest absolute Gasteiger partial charge is 0.328 e. The zero-order valence-corrected chi connectivity index (χ0v) is 9.67. The molecule has 17 heavy (non-hydrogen) atoms. The summed E-state index contributed by atoms with van der Waals surface area (Å²) >= 11 is 0. The molecule has 0 aromatic carbocycles. The highest BCUT2D eigenvalue weighted by molar-refractivity contribution is 5.83. The van der Waals surface area contributed by atoms with Crippen molar-refractivity contribution in [1.82, 2.24) is 10.2 Å². The zero-order valence-electron chi connectivity index (χ0n) is 9.67. The Bertz CT molecular complexity index is 280. The average molecular weight is 246 g/mol. The van der Waals surface area contributed by atoms with Crippen LogP contribution in [0.4, 0.5) is 4.79 Å². The van der Waals surface area contributed by atoms with E-state index >= 15 is 0 Å². The zero-order chi connectivity index (χ0) is 13.4. The second-order valence-electron chi connectivity index (χ2n) is 3.46. The van der Waals surface area contributed by atoms with Gasteiger partial charge in [-0.3, -0.25) is 0 Å². The van der Waals surface area contributed by atoms with E-state index < -0.39 is 24.1 Å². The molecule has 2 atom stereocenters. The third-order valence-electron chi connectivity index (χ3n) is 2.03. The topological polar surface area (TPSA) is 110 Å². The molecule has 2 unspecified atom stereocenters. The number of hydrogen-bond acceptors (Lipinski definition) is 4. The van der Waals surface area contributed by atoms with Crippen LogP contribution in [-0.4, -0.2) is 64.1 Å². The van der Waals surface area contributed by atoms with Gasteiger partial charge in [-0.2, -0.15) is 0 Å². The minimum atomic E-state index is -1.38.